The normalized spacial score (nSPS) is 9.62. The number of aromatic hydroxyl groups is 2. The van der Waals surface area contributed by atoms with Gasteiger partial charge in [-0.2, -0.15) is 4.98 Å². The van der Waals surface area contributed by atoms with Crippen LogP contribution < -0.4 is 0 Å². The Hall–Kier alpha value is -0.290. The molecular formula is C3H2BrNO2S. The number of aromatic nitrogens is 1. The summed E-state index contributed by atoms with van der Waals surface area (Å²) in [5, 5.41) is 17.0. The lowest BCUT2D eigenvalue weighted by Crippen LogP contribution is -1.58. The predicted molar refractivity (Wildman–Crippen MR) is 33.1 cm³/mol. The number of halogens is 1. The van der Waals surface area contributed by atoms with E-state index in [4.69, 9.17) is 10.2 Å². The van der Waals surface area contributed by atoms with E-state index in [0.29, 0.717) is 3.92 Å². The maximum atomic E-state index is 8.62. The molecule has 1 rings (SSSR count). The van der Waals surface area contributed by atoms with Gasteiger partial charge in [-0.25, -0.2) is 0 Å². The molecule has 0 aliphatic rings. The zero-order chi connectivity index (χ0) is 6.15. The maximum absolute atomic E-state index is 8.62. The third kappa shape index (κ3) is 0.924. The van der Waals surface area contributed by atoms with Crippen molar-refractivity contribution in [2.75, 3.05) is 0 Å². The SMILES string of the molecule is Oc1nc(Br)sc1O. The van der Waals surface area contributed by atoms with Gasteiger partial charge in [-0.3, -0.25) is 0 Å². The molecule has 0 spiro atoms. The molecule has 0 atom stereocenters. The average molecular weight is 196 g/mol. The first-order valence-electron chi connectivity index (χ1n) is 1.74. The summed E-state index contributed by atoms with van der Waals surface area (Å²) in [6.07, 6.45) is 0. The first-order chi connectivity index (χ1) is 3.70. The molecule has 0 aromatic carbocycles. The third-order valence-corrected chi connectivity index (χ3v) is 1.86. The summed E-state index contributed by atoms with van der Waals surface area (Å²) < 4.78 is 0.479. The van der Waals surface area contributed by atoms with Crippen LogP contribution in [0.25, 0.3) is 0 Å². The number of hydrogen-bond acceptors (Lipinski definition) is 4. The maximum Gasteiger partial charge on any atom is 0.267 e. The summed E-state index contributed by atoms with van der Waals surface area (Å²) in [5.41, 5.74) is 0. The van der Waals surface area contributed by atoms with E-state index in [1.807, 2.05) is 0 Å². The van der Waals surface area contributed by atoms with Crippen LogP contribution in [0.1, 0.15) is 0 Å². The molecular weight excluding hydrogens is 194 g/mol. The van der Waals surface area contributed by atoms with Crippen LogP contribution in [0, 0.1) is 0 Å². The molecule has 44 valence electrons. The van der Waals surface area contributed by atoms with Gasteiger partial charge in [-0.05, 0) is 15.9 Å². The molecule has 2 N–H and O–H groups in total. The van der Waals surface area contributed by atoms with Crippen molar-refractivity contribution in [1.29, 1.82) is 0 Å². The summed E-state index contributed by atoms with van der Waals surface area (Å²) >= 11 is 3.95. The second kappa shape index (κ2) is 1.91. The van der Waals surface area contributed by atoms with Crippen molar-refractivity contribution in [3.63, 3.8) is 0 Å². The molecule has 1 aromatic heterocycles. The van der Waals surface area contributed by atoms with E-state index in [1.165, 1.54) is 0 Å². The standard InChI is InChI=1S/C3H2BrNO2S/c4-3-5-1(6)2(7)8-3/h6-7H. The predicted octanol–water partition coefficient (Wildman–Crippen LogP) is 1.32. The molecule has 0 amide bonds. The highest BCUT2D eigenvalue weighted by Gasteiger charge is 2.03. The Morgan fingerprint density at radius 1 is 1.50 bits per heavy atom. The van der Waals surface area contributed by atoms with E-state index in [9.17, 15) is 0 Å². The fraction of sp³-hybridized carbons (Fsp3) is 0. The van der Waals surface area contributed by atoms with Gasteiger partial charge in [0.25, 0.3) is 5.88 Å². The molecule has 3 nitrogen and oxygen atoms in total. The smallest absolute Gasteiger partial charge is 0.267 e. The molecule has 1 aromatic rings. The van der Waals surface area contributed by atoms with E-state index < -0.39 is 0 Å². The molecule has 0 fully saturated rings. The van der Waals surface area contributed by atoms with E-state index in [-0.39, 0.29) is 10.9 Å². The summed E-state index contributed by atoms with van der Waals surface area (Å²) in [7, 11) is 0. The monoisotopic (exact) mass is 195 g/mol. The molecule has 0 aliphatic carbocycles. The van der Waals surface area contributed by atoms with Crippen molar-refractivity contribution < 1.29 is 10.2 Å². The van der Waals surface area contributed by atoms with E-state index in [2.05, 4.69) is 20.9 Å². The Bertz CT molecular complexity index is 180. The highest BCUT2D eigenvalue weighted by molar-refractivity contribution is 9.11. The van der Waals surface area contributed by atoms with Crippen molar-refractivity contribution in [2.24, 2.45) is 0 Å². The van der Waals surface area contributed by atoms with Gasteiger partial charge in [0.1, 0.15) is 0 Å². The van der Waals surface area contributed by atoms with Gasteiger partial charge in [-0.1, -0.05) is 11.3 Å². The van der Waals surface area contributed by atoms with Gasteiger partial charge in [0.15, 0.2) is 3.92 Å². The Morgan fingerprint density at radius 3 is 2.25 bits per heavy atom. The molecule has 5 heteroatoms. The van der Waals surface area contributed by atoms with Gasteiger partial charge in [-0.15, -0.1) is 0 Å². The van der Waals surface area contributed by atoms with Crippen molar-refractivity contribution >= 4 is 27.3 Å². The van der Waals surface area contributed by atoms with Crippen molar-refractivity contribution in [3.8, 4) is 10.9 Å². The Kier molecular flexibility index (Phi) is 1.39. The van der Waals surface area contributed by atoms with Gasteiger partial charge in [0.05, 0.1) is 0 Å². The summed E-state index contributed by atoms with van der Waals surface area (Å²) in [6.45, 7) is 0. The van der Waals surface area contributed by atoms with Crippen LogP contribution in [-0.4, -0.2) is 15.2 Å². The van der Waals surface area contributed by atoms with Crippen LogP contribution in [0.5, 0.6) is 10.9 Å². The fourth-order valence-corrected chi connectivity index (χ4v) is 1.34. The molecule has 0 radical (unpaired) electrons. The van der Waals surface area contributed by atoms with Crippen LogP contribution in [-0.2, 0) is 0 Å². The van der Waals surface area contributed by atoms with Crippen LogP contribution in [0.15, 0.2) is 3.92 Å². The molecule has 8 heavy (non-hydrogen) atoms. The Labute approximate surface area is 57.7 Å². The van der Waals surface area contributed by atoms with Gasteiger partial charge < -0.3 is 10.2 Å². The number of nitrogens with zero attached hydrogens (tertiary/aromatic N) is 1. The largest absolute Gasteiger partial charge is 0.496 e. The number of hydrogen-bond donors (Lipinski definition) is 2. The highest BCUT2D eigenvalue weighted by atomic mass is 79.9. The zero-order valence-electron chi connectivity index (χ0n) is 3.63. The minimum atomic E-state index is -0.318. The second-order valence-electron chi connectivity index (χ2n) is 1.10. The van der Waals surface area contributed by atoms with Crippen LogP contribution >= 0.6 is 27.3 Å². The van der Waals surface area contributed by atoms with E-state index in [1.54, 1.807) is 0 Å². The Morgan fingerprint density at radius 2 is 2.12 bits per heavy atom. The first-order valence-corrected chi connectivity index (χ1v) is 3.35. The van der Waals surface area contributed by atoms with Gasteiger partial charge >= 0.3 is 0 Å². The molecule has 0 saturated heterocycles. The molecule has 1 heterocycles. The molecule has 0 unspecified atom stereocenters. The van der Waals surface area contributed by atoms with Crippen LogP contribution in [0.3, 0.4) is 0 Å². The quantitative estimate of drug-likeness (QED) is 0.657. The lowest BCUT2D eigenvalue weighted by Gasteiger charge is -1.76. The van der Waals surface area contributed by atoms with Crippen molar-refractivity contribution in [2.45, 2.75) is 0 Å². The summed E-state index contributed by atoms with van der Waals surface area (Å²) in [5.74, 6) is -0.318. The molecule has 0 aliphatic heterocycles. The minimum absolute atomic E-state index is 0.156. The van der Waals surface area contributed by atoms with Crippen LogP contribution in [0.4, 0.5) is 0 Å². The first kappa shape index (κ1) is 5.84. The number of rotatable bonds is 0. The molecule has 0 bridgehead atoms. The van der Waals surface area contributed by atoms with Crippen molar-refractivity contribution in [1.82, 2.24) is 4.98 Å². The van der Waals surface area contributed by atoms with Gasteiger partial charge in [0, 0.05) is 0 Å². The average Bonchev–Trinajstić information content (AvgIpc) is 1.85. The van der Waals surface area contributed by atoms with Crippen molar-refractivity contribution in [3.05, 3.63) is 3.92 Å². The topological polar surface area (TPSA) is 53.4 Å². The zero-order valence-corrected chi connectivity index (χ0v) is 6.03. The van der Waals surface area contributed by atoms with E-state index in [0.717, 1.165) is 11.3 Å². The molecule has 0 saturated carbocycles. The minimum Gasteiger partial charge on any atom is -0.496 e. The highest BCUT2D eigenvalue weighted by Crippen LogP contribution is 2.33. The van der Waals surface area contributed by atoms with Gasteiger partial charge in [0.2, 0.25) is 5.06 Å². The van der Waals surface area contributed by atoms with Crippen LogP contribution in [0.2, 0.25) is 0 Å². The summed E-state index contributed by atoms with van der Waals surface area (Å²) in [6, 6.07) is 0. The second-order valence-corrected chi connectivity index (χ2v) is 3.35. The third-order valence-electron chi connectivity index (χ3n) is 0.566. The summed E-state index contributed by atoms with van der Waals surface area (Å²) in [4.78, 5) is 3.45. The lowest BCUT2D eigenvalue weighted by molar-refractivity contribution is 0.401. The fourth-order valence-electron chi connectivity index (χ4n) is 0.279. The van der Waals surface area contributed by atoms with E-state index >= 15 is 0 Å². The number of thiazole rings is 1. The lowest BCUT2D eigenvalue weighted by atomic mass is 10.9. The Balaban J connectivity index is 3.14.